The molecule has 36 heavy (non-hydrogen) atoms. The van der Waals surface area contributed by atoms with Crippen LogP contribution < -0.4 is 26.6 Å². The van der Waals surface area contributed by atoms with Crippen molar-refractivity contribution in [2.75, 3.05) is 52.5 Å². The Bertz CT molecular complexity index is 1340. The molecule has 0 aliphatic carbocycles. The van der Waals surface area contributed by atoms with Crippen LogP contribution in [0.5, 0.6) is 5.75 Å². The summed E-state index contributed by atoms with van der Waals surface area (Å²) in [6, 6.07) is 16.4. The quantitative estimate of drug-likeness (QED) is 0.305. The van der Waals surface area contributed by atoms with Crippen LogP contribution in [0.4, 0.5) is 0 Å². The predicted octanol–water partition coefficient (Wildman–Crippen LogP) is -0.930. The van der Waals surface area contributed by atoms with Crippen molar-refractivity contribution < 1.29 is 14.9 Å². The zero-order valence-corrected chi connectivity index (χ0v) is 20.1. The smallest absolute Gasteiger partial charge is 0.272 e. The number of aliphatic hydroxyl groups is 2. The number of benzene rings is 2. The van der Waals surface area contributed by atoms with E-state index in [2.05, 4.69) is 19.8 Å². The number of H-pyrrole nitrogens is 2. The molecule has 1 fully saturated rings. The Kier molecular flexibility index (Phi) is 8.85. The highest BCUT2D eigenvalue weighted by Crippen LogP contribution is 2.13. The van der Waals surface area contributed by atoms with Crippen molar-refractivity contribution in [3.63, 3.8) is 0 Å². The Morgan fingerprint density at radius 2 is 1.39 bits per heavy atom. The molecule has 1 aromatic heterocycles. The molecule has 1 atom stereocenters. The molecule has 0 saturated carbocycles. The average molecular weight is 493 g/mol. The second kappa shape index (κ2) is 12.5. The van der Waals surface area contributed by atoms with Crippen molar-refractivity contribution in [2.45, 2.75) is 6.10 Å². The molecule has 3 aromatic rings. The topological polar surface area (TPSA) is 122 Å². The molecule has 9 nitrogen and oxygen atoms in total. The Morgan fingerprint density at radius 1 is 0.833 bits per heavy atom. The second-order valence-corrected chi connectivity index (χ2v) is 8.83. The molecule has 0 amide bonds. The lowest BCUT2D eigenvalue weighted by Gasteiger charge is -2.35. The van der Waals surface area contributed by atoms with E-state index in [1.165, 1.54) is 0 Å². The molecule has 1 aliphatic rings. The summed E-state index contributed by atoms with van der Waals surface area (Å²) in [5.74, 6) is 0.606. The average Bonchev–Trinajstić information content (AvgIpc) is 2.88. The van der Waals surface area contributed by atoms with E-state index in [4.69, 9.17) is 9.84 Å². The van der Waals surface area contributed by atoms with Gasteiger partial charge in [-0.05, 0) is 35.4 Å². The Balaban J connectivity index is 1.34. The van der Waals surface area contributed by atoms with Gasteiger partial charge in [-0.15, -0.1) is 0 Å². The van der Waals surface area contributed by atoms with Gasteiger partial charge in [0.05, 0.1) is 6.61 Å². The Morgan fingerprint density at radius 3 is 1.97 bits per heavy atom. The van der Waals surface area contributed by atoms with Gasteiger partial charge in [-0.25, -0.2) is 0 Å². The van der Waals surface area contributed by atoms with Crippen LogP contribution in [0.25, 0.3) is 12.2 Å². The standard InChI is InChI=1S/C27H32N4O5/c32-15-14-30-10-12-31(13-11-30)18-22(33)19-36-23-8-6-21(7-9-23)17-25-27(35)28-24(26(34)29-25)16-20-4-2-1-3-5-20/h1-9,16-17,22,32-33H,10-15,18-19H2,(H,28,35)(H,29,34). The third-order valence-corrected chi connectivity index (χ3v) is 6.08. The zero-order chi connectivity index (χ0) is 25.3. The molecule has 4 rings (SSSR count). The maximum Gasteiger partial charge on any atom is 0.272 e. The van der Waals surface area contributed by atoms with Crippen LogP contribution in [-0.4, -0.2) is 88.6 Å². The minimum Gasteiger partial charge on any atom is -0.491 e. The normalized spacial score (nSPS) is 16.8. The highest BCUT2D eigenvalue weighted by molar-refractivity contribution is 5.50. The fourth-order valence-corrected chi connectivity index (χ4v) is 4.12. The molecule has 1 saturated heterocycles. The largest absolute Gasteiger partial charge is 0.491 e. The fraction of sp³-hybridized carbons (Fsp3) is 0.333. The maximum atomic E-state index is 12.5. The van der Waals surface area contributed by atoms with Crippen LogP contribution in [0.1, 0.15) is 11.1 Å². The number of aromatic nitrogens is 2. The predicted molar refractivity (Wildman–Crippen MR) is 138 cm³/mol. The first-order valence-corrected chi connectivity index (χ1v) is 12.1. The van der Waals surface area contributed by atoms with E-state index in [9.17, 15) is 14.7 Å². The van der Waals surface area contributed by atoms with Crippen LogP contribution in [-0.2, 0) is 0 Å². The van der Waals surface area contributed by atoms with Gasteiger partial charge in [-0.3, -0.25) is 19.4 Å². The summed E-state index contributed by atoms with van der Waals surface area (Å²) in [5.41, 5.74) is 0.771. The number of hydrogen-bond donors (Lipinski definition) is 4. The lowest BCUT2D eigenvalue weighted by atomic mass is 10.2. The zero-order valence-electron chi connectivity index (χ0n) is 20.1. The number of hydrogen-bond acceptors (Lipinski definition) is 7. The van der Waals surface area contributed by atoms with Crippen LogP contribution in [0.2, 0.25) is 0 Å². The molecule has 0 spiro atoms. The van der Waals surface area contributed by atoms with Gasteiger partial charge < -0.3 is 24.9 Å². The lowest BCUT2D eigenvalue weighted by Crippen LogP contribution is -2.49. The highest BCUT2D eigenvalue weighted by atomic mass is 16.5. The van der Waals surface area contributed by atoms with E-state index in [-0.39, 0.29) is 29.5 Å². The van der Waals surface area contributed by atoms with Crippen LogP contribution >= 0.6 is 0 Å². The SMILES string of the molecule is O=c1[nH]c(=Cc2ccc(OCC(O)CN3CCN(CCO)CC3)cc2)c(=O)[nH]c1=Cc1ccccc1. The van der Waals surface area contributed by atoms with Crippen molar-refractivity contribution in [3.8, 4) is 5.75 Å². The fourth-order valence-electron chi connectivity index (χ4n) is 4.12. The number of aliphatic hydroxyl groups excluding tert-OH is 2. The summed E-state index contributed by atoms with van der Waals surface area (Å²) < 4.78 is 5.73. The second-order valence-electron chi connectivity index (χ2n) is 8.83. The van der Waals surface area contributed by atoms with E-state index in [0.29, 0.717) is 18.8 Å². The van der Waals surface area contributed by atoms with Gasteiger partial charge in [-0.1, -0.05) is 42.5 Å². The van der Waals surface area contributed by atoms with E-state index in [0.717, 1.165) is 37.3 Å². The van der Waals surface area contributed by atoms with Gasteiger partial charge in [0.25, 0.3) is 11.1 Å². The molecule has 0 bridgehead atoms. The molecular formula is C27H32N4O5. The van der Waals surface area contributed by atoms with Gasteiger partial charge in [0.1, 0.15) is 29.2 Å². The van der Waals surface area contributed by atoms with E-state index < -0.39 is 11.7 Å². The molecule has 4 N–H and O–H groups in total. The Labute approximate surface area is 208 Å². The minimum absolute atomic E-state index is 0.161. The first-order valence-electron chi connectivity index (χ1n) is 12.1. The van der Waals surface area contributed by atoms with Crippen LogP contribution in [0.15, 0.2) is 64.2 Å². The summed E-state index contributed by atoms with van der Waals surface area (Å²) in [6.45, 7) is 5.04. The van der Waals surface area contributed by atoms with Gasteiger partial charge in [0, 0.05) is 39.3 Å². The van der Waals surface area contributed by atoms with Gasteiger partial charge in [0.15, 0.2) is 0 Å². The van der Waals surface area contributed by atoms with E-state index >= 15 is 0 Å². The Hall–Kier alpha value is -3.50. The number of nitrogens with one attached hydrogen (secondary N) is 2. The molecule has 2 heterocycles. The van der Waals surface area contributed by atoms with Crippen molar-refractivity contribution in [1.29, 1.82) is 0 Å². The molecule has 1 unspecified atom stereocenters. The molecule has 1 aliphatic heterocycles. The van der Waals surface area contributed by atoms with E-state index in [1.54, 1.807) is 36.4 Å². The summed E-state index contributed by atoms with van der Waals surface area (Å²) >= 11 is 0. The number of aromatic amines is 2. The number of nitrogens with zero attached hydrogens (tertiary/aromatic N) is 2. The summed E-state index contributed by atoms with van der Waals surface area (Å²) in [6.07, 6.45) is 2.61. The highest BCUT2D eigenvalue weighted by Gasteiger charge is 2.19. The van der Waals surface area contributed by atoms with Gasteiger partial charge in [0.2, 0.25) is 0 Å². The number of piperazine rings is 1. The maximum absolute atomic E-state index is 12.5. The summed E-state index contributed by atoms with van der Waals surface area (Å²) in [7, 11) is 0. The first kappa shape index (κ1) is 25.6. The van der Waals surface area contributed by atoms with Gasteiger partial charge in [-0.2, -0.15) is 0 Å². The van der Waals surface area contributed by atoms with E-state index in [1.807, 2.05) is 30.3 Å². The van der Waals surface area contributed by atoms with Crippen LogP contribution in [0.3, 0.4) is 0 Å². The third kappa shape index (κ3) is 7.25. The number of β-amino-alcohol motifs (C(OH)–C–C–N with tert-alkyl or cyclic N) is 2. The van der Waals surface area contributed by atoms with Crippen molar-refractivity contribution >= 4 is 12.2 Å². The third-order valence-electron chi connectivity index (χ3n) is 6.08. The lowest BCUT2D eigenvalue weighted by molar-refractivity contribution is 0.0428. The summed E-state index contributed by atoms with van der Waals surface area (Å²) in [4.78, 5) is 34.6. The number of rotatable bonds is 9. The molecule has 0 radical (unpaired) electrons. The van der Waals surface area contributed by atoms with Crippen LogP contribution in [0, 0.1) is 0 Å². The van der Waals surface area contributed by atoms with Gasteiger partial charge >= 0.3 is 0 Å². The molecule has 2 aromatic carbocycles. The first-order chi connectivity index (χ1) is 17.5. The van der Waals surface area contributed by atoms with Crippen molar-refractivity contribution in [3.05, 3.63) is 97.1 Å². The minimum atomic E-state index is -0.615. The van der Waals surface area contributed by atoms with Crippen molar-refractivity contribution in [1.82, 2.24) is 19.8 Å². The molecule has 190 valence electrons. The molecular weight excluding hydrogens is 460 g/mol. The monoisotopic (exact) mass is 492 g/mol. The summed E-state index contributed by atoms with van der Waals surface area (Å²) in [5, 5.41) is 19.7. The molecule has 9 heteroatoms. The van der Waals surface area contributed by atoms with Crippen molar-refractivity contribution in [2.24, 2.45) is 0 Å². The number of ether oxygens (including phenoxy) is 1.